The second-order valence-corrected chi connectivity index (χ2v) is 6.86. The molecule has 142 valence electrons. The van der Waals surface area contributed by atoms with Crippen LogP contribution in [0.5, 0.6) is 5.75 Å². The minimum Gasteiger partial charge on any atom is -0.433 e. The zero-order valence-corrected chi connectivity index (χ0v) is 15.4. The minimum atomic E-state index is -2.96. The molecule has 1 aliphatic rings. The van der Waals surface area contributed by atoms with Gasteiger partial charge in [0.05, 0.1) is 11.0 Å². The maximum atomic E-state index is 13.1. The summed E-state index contributed by atoms with van der Waals surface area (Å²) in [5.74, 6) is 1.28. The Labute approximate surface area is 163 Å². The number of aromatic nitrogens is 5. The number of rotatable bonds is 3. The highest BCUT2D eigenvalue weighted by Gasteiger charge is 2.32. The van der Waals surface area contributed by atoms with E-state index in [1.807, 2.05) is 23.6 Å². The molecule has 0 saturated carbocycles. The fourth-order valence-electron chi connectivity index (χ4n) is 3.79. The maximum absolute atomic E-state index is 13.1. The van der Waals surface area contributed by atoms with Crippen LogP contribution in [0.15, 0.2) is 42.7 Å². The minimum absolute atomic E-state index is 0.0410. The molecule has 0 aliphatic carbocycles. The van der Waals surface area contributed by atoms with Crippen LogP contribution in [0.1, 0.15) is 25.2 Å². The summed E-state index contributed by atoms with van der Waals surface area (Å²) < 4.78 is 34.8. The summed E-state index contributed by atoms with van der Waals surface area (Å²) >= 11 is 6.23. The molecule has 1 unspecified atom stereocenters. The van der Waals surface area contributed by atoms with E-state index in [4.69, 9.17) is 21.3 Å². The monoisotopic (exact) mass is 401 g/mol. The molecule has 0 N–H and O–H groups in total. The van der Waals surface area contributed by atoms with Gasteiger partial charge in [0, 0.05) is 10.6 Å². The number of benzene rings is 2. The van der Waals surface area contributed by atoms with E-state index in [2.05, 4.69) is 10.1 Å². The van der Waals surface area contributed by atoms with Crippen molar-refractivity contribution in [2.24, 2.45) is 0 Å². The molecule has 28 heavy (non-hydrogen) atoms. The Morgan fingerprint density at radius 2 is 2.11 bits per heavy atom. The zero-order chi connectivity index (χ0) is 19.4. The Morgan fingerprint density at radius 1 is 1.25 bits per heavy atom. The van der Waals surface area contributed by atoms with Crippen molar-refractivity contribution in [1.82, 2.24) is 24.3 Å². The van der Waals surface area contributed by atoms with Gasteiger partial charge in [-0.2, -0.15) is 13.9 Å². The molecule has 0 spiro atoms. The molecular weight excluding hydrogens is 388 g/mol. The predicted molar refractivity (Wildman–Crippen MR) is 100 cm³/mol. The first kappa shape index (κ1) is 17.1. The molecule has 6 nitrogen and oxygen atoms in total. The zero-order valence-electron chi connectivity index (χ0n) is 14.7. The molecule has 3 heterocycles. The van der Waals surface area contributed by atoms with Crippen molar-refractivity contribution >= 4 is 22.6 Å². The molecule has 1 aliphatic heterocycles. The van der Waals surface area contributed by atoms with E-state index in [1.165, 1.54) is 12.4 Å². The third kappa shape index (κ3) is 2.41. The lowest BCUT2D eigenvalue weighted by molar-refractivity contribution is -0.0498. The van der Waals surface area contributed by atoms with Gasteiger partial charge in [-0.3, -0.25) is 4.57 Å². The van der Waals surface area contributed by atoms with Gasteiger partial charge in [-0.05, 0) is 36.8 Å². The molecule has 4 aromatic rings. The lowest BCUT2D eigenvalue weighted by Crippen LogP contribution is -2.15. The number of para-hydroxylation sites is 1. The van der Waals surface area contributed by atoms with Gasteiger partial charge < -0.3 is 4.74 Å². The standard InChI is InChI=1S/C19H14ClF2N5O/c1-2-13-18-25-12-7-6-10(20)8-14(12)26(18)16-11(17-23-9-24-27(13)17)4-3-5-15(16)28-19(21)22/h3-9,13,19H,2H2,1H3. The van der Waals surface area contributed by atoms with Gasteiger partial charge in [-0.1, -0.05) is 24.6 Å². The fourth-order valence-corrected chi connectivity index (χ4v) is 3.95. The number of hydrogen-bond acceptors (Lipinski definition) is 4. The second-order valence-electron chi connectivity index (χ2n) is 6.42. The largest absolute Gasteiger partial charge is 0.433 e. The number of ether oxygens (including phenoxy) is 1. The normalized spacial score (nSPS) is 15.2. The molecule has 2 aromatic heterocycles. The highest BCUT2D eigenvalue weighted by molar-refractivity contribution is 6.31. The smallest absolute Gasteiger partial charge is 0.387 e. The van der Waals surface area contributed by atoms with Gasteiger partial charge >= 0.3 is 6.61 Å². The number of halogens is 3. The molecular formula is C19H14ClF2N5O. The van der Waals surface area contributed by atoms with Crippen LogP contribution in [0.3, 0.4) is 0 Å². The van der Waals surface area contributed by atoms with Crippen LogP contribution < -0.4 is 4.74 Å². The van der Waals surface area contributed by atoms with E-state index >= 15 is 0 Å². The van der Waals surface area contributed by atoms with Gasteiger partial charge in [-0.15, -0.1) is 0 Å². The van der Waals surface area contributed by atoms with E-state index in [0.29, 0.717) is 45.4 Å². The van der Waals surface area contributed by atoms with E-state index in [0.717, 1.165) is 0 Å². The van der Waals surface area contributed by atoms with Crippen molar-refractivity contribution < 1.29 is 13.5 Å². The summed E-state index contributed by atoms with van der Waals surface area (Å²) in [4.78, 5) is 9.16. The van der Waals surface area contributed by atoms with Crippen LogP contribution in [-0.2, 0) is 0 Å². The van der Waals surface area contributed by atoms with Crippen molar-refractivity contribution in [3.05, 3.63) is 53.6 Å². The Balaban J connectivity index is 1.95. The number of imidazole rings is 1. The molecule has 0 bridgehead atoms. The second kappa shape index (κ2) is 6.27. The van der Waals surface area contributed by atoms with Crippen LogP contribution >= 0.6 is 11.6 Å². The Hall–Kier alpha value is -3.00. The van der Waals surface area contributed by atoms with Gasteiger partial charge in [0.15, 0.2) is 11.6 Å². The van der Waals surface area contributed by atoms with Crippen LogP contribution in [0.25, 0.3) is 28.1 Å². The first-order valence-corrected chi connectivity index (χ1v) is 9.12. The van der Waals surface area contributed by atoms with Crippen molar-refractivity contribution in [2.75, 3.05) is 0 Å². The number of nitrogens with zero attached hydrogens (tertiary/aromatic N) is 5. The molecule has 2 aromatic carbocycles. The highest BCUT2D eigenvalue weighted by atomic mass is 35.5. The van der Waals surface area contributed by atoms with Gasteiger partial charge in [0.2, 0.25) is 0 Å². The van der Waals surface area contributed by atoms with E-state index in [-0.39, 0.29) is 11.8 Å². The summed E-state index contributed by atoms with van der Waals surface area (Å²) in [6.45, 7) is -0.948. The molecule has 0 fully saturated rings. The average Bonchev–Trinajstić information content (AvgIpc) is 3.25. The molecule has 5 rings (SSSR count). The average molecular weight is 402 g/mol. The highest BCUT2D eigenvalue weighted by Crippen LogP contribution is 2.43. The van der Waals surface area contributed by atoms with E-state index in [1.54, 1.807) is 22.9 Å². The Kier molecular flexibility index (Phi) is 3.83. The molecule has 9 heteroatoms. The molecule has 1 atom stereocenters. The van der Waals surface area contributed by atoms with Crippen molar-refractivity contribution in [2.45, 2.75) is 26.0 Å². The van der Waals surface area contributed by atoms with E-state index in [9.17, 15) is 8.78 Å². The van der Waals surface area contributed by atoms with Crippen LogP contribution in [0.4, 0.5) is 8.78 Å². The topological polar surface area (TPSA) is 57.8 Å². The lowest BCUT2D eigenvalue weighted by atomic mass is 10.1. The molecule has 0 amide bonds. The lowest BCUT2D eigenvalue weighted by Gasteiger charge is -2.17. The Bertz CT molecular complexity index is 1200. The molecule has 0 saturated heterocycles. The van der Waals surface area contributed by atoms with Crippen LogP contribution in [0.2, 0.25) is 5.02 Å². The first-order chi connectivity index (χ1) is 13.6. The summed E-state index contributed by atoms with van der Waals surface area (Å²) in [7, 11) is 0. The number of fused-ring (bicyclic) bond motifs is 7. The predicted octanol–water partition coefficient (Wildman–Crippen LogP) is 4.85. The summed E-state index contributed by atoms with van der Waals surface area (Å²) in [5, 5.41) is 4.91. The maximum Gasteiger partial charge on any atom is 0.387 e. The summed E-state index contributed by atoms with van der Waals surface area (Å²) in [6, 6.07) is 10.1. The summed E-state index contributed by atoms with van der Waals surface area (Å²) in [6.07, 6.45) is 2.14. The molecule has 0 radical (unpaired) electrons. The third-order valence-corrected chi connectivity index (χ3v) is 5.11. The van der Waals surface area contributed by atoms with Gasteiger partial charge in [0.1, 0.15) is 23.9 Å². The SMILES string of the molecule is CCC1c2nc3ccc(Cl)cc3n2-c2c(OC(F)F)cccc2-c2ncnn21. The van der Waals surface area contributed by atoms with Crippen molar-refractivity contribution in [1.29, 1.82) is 0 Å². The van der Waals surface area contributed by atoms with Gasteiger partial charge in [0.25, 0.3) is 0 Å². The first-order valence-electron chi connectivity index (χ1n) is 8.74. The summed E-state index contributed by atoms with van der Waals surface area (Å²) in [5.41, 5.74) is 2.50. The number of hydrogen-bond donors (Lipinski definition) is 0. The number of alkyl halides is 2. The van der Waals surface area contributed by atoms with Crippen LogP contribution in [-0.4, -0.2) is 30.9 Å². The quantitative estimate of drug-likeness (QED) is 0.492. The Morgan fingerprint density at radius 3 is 2.89 bits per heavy atom. The van der Waals surface area contributed by atoms with Crippen molar-refractivity contribution in [3.8, 4) is 22.8 Å². The van der Waals surface area contributed by atoms with E-state index < -0.39 is 6.61 Å². The fraction of sp³-hybridized carbons (Fsp3) is 0.211. The van der Waals surface area contributed by atoms with Crippen molar-refractivity contribution in [3.63, 3.8) is 0 Å². The van der Waals surface area contributed by atoms with Gasteiger partial charge in [-0.25, -0.2) is 14.6 Å². The van der Waals surface area contributed by atoms with Crippen LogP contribution in [0, 0.1) is 0 Å². The third-order valence-electron chi connectivity index (χ3n) is 4.88.